The standard InChI is InChI=1S/C12H14N2O3S/c13-7-9-1-5-11(6-2-9)18(16,17)14-8-12(15)10-3-4-10/h1-2,5-6,10,12,14-15H,3-4,8H2. The Hall–Kier alpha value is -1.42. The van der Waals surface area contributed by atoms with Crippen LogP contribution < -0.4 is 4.72 Å². The van der Waals surface area contributed by atoms with Gasteiger partial charge in [0.1, 0.15) is 0 Å². The second kappa shape index (κ2) is 5.06. The number of hydrogen-bond donors (Lipinski definition) is 2. The summed E-state index contributed by atoms with van der Waals surface area (Å²) in [5, 5.41) is 18.2. The quantitative estimate of drug-likeness (QED) is 0.817. The molecule has 0 bridgehead atoms. The molecule has 1 fully saturated rings. The van der Waals surface area contributed by atoms with Gasteiger partial charge in [-0.3, -0.25) is 0 Å². The molecule has 0 saturated heterocycles. The van der Waals surface area contributed by atoms with Gasteiger partial charge >= 0.3 is 0 Å². The van der Waals surface area contributed by atoms with E-state index in [0.717, 1.165) is 12.8 Å². The summed E-state index contributed by atoms with van der Waals surface area (Å²) in [7, 11) is -3.61. The zero-order valence-electron chi connectivity index (χ0n) is 9.70. The molecule has 1 aromatic carbocycles. The maximum atomic E-state index is 11.9. The van der Waals surface area contributed by atoms with Crippen molar-refractivity contribution >= 4 is 10.0 Å². The van der Waals surface area contributed by atoms with E-state index in [1.165, 1.54) is 24.3 Å². The van der Waals surface area contributed by atoms with Crippen molar-refractivity contribution in [1.29, 1.82) is 5.26 Å². The molecule has 0 amide bonds. The van der Waals surface area contributed by atoms with E-state index in [0.29, 0.717) is 5.56 Å². The van der Waals surface area contributed by atoms with Gasteiger partial charge < -0.3 is 5.11 Å². The van der Waals surface area contributed by atoms with Crippen LogP contribution in [0.5, 0.6) is 0 Å². The van der Waals surface area contributed by atoms with Crippen LogP contribution in [0.4, 0.5) is 0 Å². The van der Waals surface area contributed by atoms with E-state index in [4.69, 9.17) is 5.26 Å². The highest BCUT2D eigenvalue weighted by molar-refractivity contribution is 7.89. The van der Waals surface area contributed by atoms with E-state index >= 15 is 0 Å². The van der Waals surface area contributed by atoms with Gasteiger partial charge in [-0.1, -0.05) is 0 Å². The molecule has 1 aromatic rings. The maximum absolute atomic E-state index is 11.9. The van der Waals surface area contributed by atoms with Crippen LogP contribution in [-0.4, -0.2) is 26.2 Å². The minimum absolute atomic E-state index is 0.0347. The van der Waals surface area contributed by atoms with E-state index in [1.807, 2.05) is 6.07 Å². The first-order chi connectivity index (χ1) is 8.53. The second-order valence-corrected chi connectivity index (χ2v) is 6.16. The summed E-state index contributed by atoms with van der Waals surface area (Å²) in [5.41, 5.74) is 0.409. The molecule has 1 aliphatic rings. The third-order valence-corrected chi connectivity index (χ3v) is 4.38. The van der Waals surface area contributed by atoms with E-state index in [9.17, 15) is 13.5 Å². The molecule has 1 unspecified atom stereocenters. The monoisotopic (exact) mass is 266 g/mol. The Morgan fingerprint density at radius 1 is 1.39 bits per heavy atom. The minimum Gasteiger partial charge on any atom is -0.391 e. The van der Waals surface area contributed by atoms with Crippen molar-refractivity contribution in [2.75, 3.05) is 6.54 Å². The number of sulfonamides is 1. The van der Waals surface area contributed by atoms with Gasteiger partial charge in [-0.25, -0.2) is 13.1 Å². The molecule has 0 aliphatic heterocycles. The topological polar surface area (TPSA) is 90.2 Å². The lowest BCUT2D eigenvalue weighted by Crippen LogP contribution is -2.33. The number of benzene rings is 1. The fourth-order valence-corrected chi connectivity index (χ4v) is 2.69. The smallest absolute Gasteiger partial charge is 0.240 e. The zero-order valence-corrected chi connectivity index (χ0v) is 10.5. The summed E-state index contributed by atoms with van der Waals surface area (Å²) >= 11 is 0. The number of aliphatic hydroxyl groups is 1. The molecule has 96 valence electrons. The molecule has 0 spiro atoms. The summed E-state index contributed by atoms with van der Waals surface area (Å²) in [6, 6.07) is 7.58. The van der Waals surface area contributed by atoms with Crippen LogP contribution in [-0.2, 0) is 10.0 Å². The summed E-state index contributed by atoms with van der Waals surface area (Å²) < 4.78 is 26.1. The maximum Gasteiger partial charge on any atom is 0.240 e. The zero-order chi connectivity index (χ0) is 13.2. The lowest BCUT2D eigenvalue weighted by atomic mass is 10.2. The van der Waals surface area contributed by atoms with E-state index in [1.54, 1.807) is 0 Å². The summed E-state index contributed by atoms with van der Waals surface area (Å²) in [6.45, 7) is 0.0347. The lowest BCUT2D eigenvalue weighted by Gasteiger charge is -2.11. The number of aliphatic hydroxyl groups excluding tert-OH is 1. The fraction of sp³-hybridized carbons (Fsp3) is 0.417. The van der Waals surface area contributed by atoms with Crippen molar-refractivity contribution in [3.8, 4) is 6.07 Å². The Bertz CT molecular complexity index is 556. The van der Waals surface area contributed by atoms with Crippen molar-refractivity contribution in [2.24, 2.45) is 5.92 Å². The molecule has 2 rings (SSSR count). The average Bonchev–Trinajstić information content (AvgIpc) is 3.20. The van der Waals surface area contributed by atoms with Crippen LogP contribution in [0, 0.1) is 17.2 Å². The molecule has 18 heavy (non-hydrogen) atoms. The minimum atomic E-state index is -3.61. The lowest BCUT2D eigenvalue weighted by molar-refractivity contribution is 0.155. The van der Waals surface area contributed by atoms with Crippen molar-refractivity contribution in [2.45, 2.75) is 23.8 Å². The van der Waals surface area contributed by atoms with E-state index in [2.05, 4.69) is 4.72 Å². The first-order valence-electron chi connectivity index (χ1n) is 5.71. The van der Waals surface area contributed by atoms with E-state index in [-0.39, 0.29) is 17.4 Å². The largest absolute Gasteiger partial charge is 0.391 e. The average molecular weight is 266 g/mol. The number of rotatable bonds is 5. The summed E-state index contributed by atoms with van der Waals surface area (Å²) in [5.74, 6) is 0.230. The number of nitrogens with one attached hydrogen (secondary N) is 1. The second-order valence-electron chi connectivity index (χ2n) is 4.39. The van der Waals surface area contributed by atoms with Crippen molar-refractivity contribution in [1.82, 2.24) is 4.72 Å². The molecule has 0 heterocycles. The number of hydrogen-bond acceptors (Lipinski definition) is 4. The van der Waals surface area contributed by atoms with Gasteiger partial charge in [-0.05, 0) is 43.0 Å². The number of nitrogens with zero attached hydrogens (tertiary/aromatic N) is 1. The van der Waals surface area contributed by atoms with Crippen LogP contribution in [0.15, 0.2) is 29.2 Å². The van der Waals surface area contributed by atoms with E-state index < -0.39 is 16.1 Å². The van der Waals surface area contributed by atoms with Crippen molar-refractivity contribution in [3.63, 3.8) is 0 Å². The first kappa shape index (κ1) is 13.0. The normalized spacial score (nSPS) is 17.1. The highest BCUT2D eigenvalue weighted by Crippen LogP contribution is 2.32. The fourth-order valence-electron chi connectivity index (χ4n) is 1.63. The summed E-state index contributed by atoms with van der Waals surface area (Å²) in [6.07, 6.45) is 1.30. The molecule has 2 N–H and O–H groups in total. The van der Waals surface area contributed by atoms with Gasteiger partial charge in [-0.15, -0.1) is 0 Å². The Morgan fingerprint density at radius 2 is 2.00 bits per heavy atom. The Morgan fingerprint density at radius 3 is 2.50 bits per heavy atom. The van der Waals surface area contributed by atoms with Gasteiger partial charge in [0.05, 0.1) is 22.6 Å². The van der Waals surface area contributed by atoms with Gasteiger partial charge in [0.25, 0.3) is 0 Å². The predicted molar refractivity (Wildman–Crippen MR) is 65.1 cm³/mol. The molecular formula is C12H14N2O3S. The molecular weight excluding hydrogens is 252 g/mol. The molecule has 1 aliphatic carbocycles. The van der Waals surface area contributed by atoms with Crippen LogP contribution in [0.2, 0.25) is 0 Å². The molecule has 5 nitrogen and oxygen atoms in total. The summed E-state index contributed by atoms with van der Waals surface area (Å²) in [4.78, 5) is 0.101. The van der Waals surface area contributed by atoms with Crippen molar-refractivity contribution < 1.29 is 13.5 Å². The SMILES string of the molecule is N#Cc1ccc(S(=O)(=O)NCC(O)C2CC2)cc1. The Kier molecular flexibility index (Phi) is 3.66. The Labute approximate surface area is 106 Å². The third kappa shape index (κ3) is 3.07. The van der Waals surface area contributed by atoms with Gasteiger partial charge in [0.15, 0.2) is 0 Å². The highest BCUT2D eigenvalue weighted by atomic mass is 32.2. The van der Waals surface area contributed by atoms with Gasteiger partial charge in [0.2, 0.25) is 10.0 Å². The van der Waals surface area contributed by atoms with Crippen molar-refractivity contribution in [3.05, 3.63) is 29.8 Å². The molecule has 0 radical (unpaired) electrons. The molecule has 1 saturated carbocycles. The molecule has 0 aromatic heterocycles. The highest BCUT2D eigenvalue weighted by Gasteiger charge is 2.30. The van der Waals surface area contributed by atoms with Crippen LogP contribution in [0.25, 0.3) is 0 Å². The third-order valence-electron chi connectivity index (χ3n) is 2.94. The molecule has 1 atom stereocenters. The van der Waals surface area contributed by atoms with Crippen LogP contribution in [0.1, 0.15) is 18.4 Å². The van der Waals surface area contributed by atoms with Gasteiger partial charge in [0, 0.05) is 6.54 Å². The van der Waals surface area contributed by atoms with Gasteiger partial charge in [-0.2, -0.15) is 5.26 Å². The first-order valence-corrected chi connectivity index (χ1v) is 7.19. The Balaban J connectivity index is 2.02. The van der Waals surface area contributed by atoms with Crippen LogP contribution >= 0.6 is 0 Å². The number of nitriles is 1. The van der Waals surface area contributed by atoms with Crippen LogP contribution in [0.3, 0.4) is 0 Å². The predicted octanol–water partition coefficient (Wildman–Crippen LogP) is 0.607. The molecule has 6 heteroatoms.